The number of carbonyl (C=O) groups is 1. The van der Waals surface area contributed by atoms with E-state index in [1.165, 1.54) is 11.5 Å². The summed E-state index contributed by atoms with van der Waals surface area (Å²) >= 11 is 1.29. The van der Waals surface area contributed by atoms with Gasteiger partial charge in [-0.2, -0.15) is 4.37 Å². The molecule has 0 aromatic carbocycles. The fraction of sp³-hybridized carbons (Fsp3) is 0.357. The van der Waals surface area contributed by atoms with Crippen LogP contribution in [0.3, 0.4) is 0 Å². The van der Waals surface area contributed by atoms with Gasteiger partial charge in [-0.1, -0.05) is 0 Å². The Hall–Kier alpha value is -2.15. The Balaban J connectivity index is 1.47. The maximum Gasteiger partial charge on any atom is 0.322 e. The molecule has 2 aromatic heterocycles. The molecule has 6 nitrogen and oxygen atoms in total. The molecule has 2 aromatic rings. The summed E-state index contributed by atoms with van der Waals surface area (Å²) in [7, 11) is 0. The summed E-state index contributed by atoms with van der Waals surface area (Å²) < 4.78 is 3.97. The second-order valence-electron chi connectivity index (χ2n) is 4.95. The summed E-state index contributed by atoms with van der Waals surface area (Å²) in [5, 5.41) is 7.14. The lowest BCUT2D eigenvalue weighted by Gasteiger charge is -2.32. The monoisotopic (exact) mass is 303 g/mol. The molecule has 2 N–H and O–H groups in total. The minimum Gasteiger partial charge on any atom is -0.382 e. The van der Waals surface area contributed by atoms with Crippen LogP contribution in [0.15, 0.2) is 36.8 Å². The van der Waals surface area contributed by atoms with Gasteiger partial charge in [-0.05, 0) is 42.6 Å². The highest BCUT2D eigenvalue weighted by molar-refractivity contribution is 7.10. The number of hydrogen-bond acceptors (Lipinski definition) is 5. The van der Waals surface area contributed by atoms with Crippen molar-refractivity contribution in [3.05, 3.63) is 36.8 Å². The van der Waals surface area contributed by atoms with Gasteiger partial charge in [0, 0.05) is 43.4 Å². The van der Waals surface area contributed by atoms with Gasteiger partial charge in [-0.25, -0.2) is 4.79 Å². The predicted octanol–water partition coefficient (Wildman–Crippen LogP) is 2.65. The molecule has 3 rings (SSSR count). The van der Waals surface area contributed by atoms with Gasteiger partial charge in [0.15, 0.2) is 0 Å². The molecule has 0 spiro atoms. The molecule has 1 fully saturated rings. The Bertz CT molecular complexity index is 566. The number of rotatable bonds is 3. The van der Waals surface area contributed by atoms with Crippen molar-refractivity contribution < 1.29 is 4.79 Å². The van der Waals surface area contributed by atoms with Crippen molar-refractivity contribution in [2.45, 2.75) is 18.9 Å². The summed E-state index contributed by atoms with van der Waals surface area (Å²) in [6, 6.07) is 6.09. The first-order valence-corrected chi connectivity index (χ1v) is 7.72. The number of aromatic nitrogens is 2. The third kappa shape index (κ3) is 3.69. The lowest BCUT2D eigenvalue weighted by Crippen LogP contribution is -2.44. The second kappa shape index (κ2) is 6.53. The molecule has 1 aliphatic rings. The van der Waals surface area contributed by atoms with Crippen molar-refractivity contribution in [3.63, 3.8) is 0 Å². The van der Waals surface area contributed by atoms with Gasteiger partial charge in [-0.15, -0.1) is 0 Å². The second-order valence-corrected chi connectivity index (χ2v) is 5.78. The number of likely N-dealkylation sites (tertiary alicyclic amines) is 1. The van der Waals surface area contributed by atoms with Gasteiger partial charge >= 0.3 is 6.03 Å². The molecule has 0 bridgehead atoms. The first kappa shape index (κ1) is 13.8. The van der Waals surface area contributed by atoms with E-state index in [0.29, 0.717) is 6.04 Å². The van der Waals surface area contributed by atoms with Crippen molar-refractivity contribution >= 4 is 28.3 Å². The van der Waals surface area contributed by atoms with E-state index in [4.69, 9.17) is 0 Å². The molecule has 7 heteroatoms. The van der Waals surface area contributed by atoms with Gasteiger partial charge in [0.2, 0.25) is 0 Å². The molecule has 1 saturated heterocycles. The minimum atomic E-state index is -0.0402. The average molecular weight is 303 g/mol. The molecule has 0 unspecified atom stereocenters. The molecule has 0 atom stereocenters. The summed E-state index contributed by atoms with van der Waals surface area (Å²) in [5.74, 6) is 0. The fourth-order valence-corrected chi connectivity index (χ4v) is 2.87. The van der Waals surface area contributed by atoms with Gasteiger partial charge in [-0.3, -0.25) is 10.3 Å². The number of piperidine rings is 1. The maximum absolute atomic E-state index is 12.1. The van der Waals surface area contributed by atoms with Crippen LogP contribution in [-0.2, 0) is 0 Å². The topological polar surface area (TPSA) is 70.2 Å². The van der Waals surface area contributed by atoms with Crippen molar-refractivity contribution in [1.29, 1.82) is 0 Å². The van der Waals surface area contributed by atoms with E-state index in [1.807, 2.05) is 17.0 Å². The summed E-state index contributed by atoms with van der Waals surface area (Å²) in [6.45, 7) is 1.51. The van der Waals surface area contributed by atoms with Crippen molar-refractivity contribution in [3.8, 4) is 0 Å². The molecule has 110 valence electrons. The molecule has 0 radical (unpaired) electrons. The highest BCUT2D eigenvalue weighted by atomic mass is 32.1. The van der Waals surface area contributed by atoms with Crippen LogP contribution in [0.1, 0.15) is 12.8 Å². The lowest BCUT2D eigenvalue weighted by atomic mass is 10.1. The minimum absolute atomic E-state index is 0.0402. The highest BCUT2D eigenvalue weighted by Crippen LogP contribution is 2.18. The number of urea groups is 1. The Labute approximate surface area is 127 Å². The van der Waals surface area contributed by atoms with Crippen LogP contribution >= 0.6 is 11.5 Å². The molecule has 1 aliphatic heterocycles. The number of nitrogens with one attached hydrogen (secondary N) is 2. The maximum atomic E-state index is 12.1. The van der Waals surface area contributed by atoms with E-state index >= 15 is 0 Å². The largest absolute Gasteiger partial charge is 0.382 e. The molecule has 0 aliphatic carbocycles. The fourth-order valence-electron chi connectivity index (χ4n) is 2.38. The lowest BCUT2D eigenvalue weighted by molar-refractivity contribution is 0.197. The number of anilines is 2. The van der Waals surface area contributed by atoms with E-state index in [1.54, 1.807) is 24.7 Å². The van der Waals surface area contributed by atoms with Crippen LogP contribution in [0.25, 0.3) is 0 Å². The Morgan fingerprint density at radius 1 is 1.19 bits per heavy atom. The zero-order chi connectivity index (χ0) is 14.5. The molecular weight excluding hydrogens is 286 g/mol. The normalized spacial score (nSPS) is 15.7. The van der Waals surface area contributed by atoms with Gasteiger partial charge < -0.3 is 10.2 Å². The summed E-state index contributed by atoms with van der Waals surface area (Å²) in [4.78, 5) is 18.0. The van der Waals surface area contributed by atoms with Crippen LogP contribution in [0.4, 0.5) is 15.5 Å². The van der Waals surface area contributed by atoms with Crippen molar-refractivity contribution in [2.24, 2.45) is 0 Å². The molecule has 21 heavy (non-hydrogen) atoms. The number of carbonyl (C=O) groups excluding carboxylic acids is 1. The van der Waals surface area contributed by atoms with E-state index in [2.05, 4.69) is 20.0 Å². The van der Waals surface area contributed by atoms with E-state index < -0.39 is 0 Å². The highest BCUT2D eigenvalue weighted by Gasteiger charge is 2.22. The molecule has 3 heterocycles. The molecular formula is C14H17N5OS. The number of amides is 2. The smallest absolute Gasteiger partial charge is 0.322 e. The summed E-state index contributed by atoms with van der Waals surface area (Å²) in [5.41, 5.74) is 1.08. The van der Waals surface area contributed by atoms with Crippen LogP contribution in [0.5, 0.6) is 0 Å². The first-order chi connectivity index (χ1) is 10.3. The quantitative estimate of drug-likeness (QED) is 0.914. The van der Waals surface area contributed by atoms with E-state index in [0.717, 1.165) is 36.6 Å². The Kier molecular flexibility index (Phi) is 4.30. The van der Waals surface area contributed by atoms with Crippen LogP contribution in [0, 0.1) is 0 Å². The zero-order valence-corrected chi connectivity index (χ0v) is 12.3. The Morgan fingerprint density at radius 3 is 2.62 bits per heavy atom. The van der Waals surface area contributed by atoms with Crippen LogP contribution in [-0.4, -0.2) is 39.4 Å². The number of pyridine rings is 1. The number of nitrogens with zero attached hydrogens (tertiary/aromatic N) is 3. The molecule has 0 saturated carbocycles. The SMILES string of the molecule is O=C(Nc1ccns1)N1CCC(Nc2ccncc2)CC1. The summed E-state index contributed by atoms with van der Waals surface area (Å²) in [6.07, 6.45) is 7.13. The molecule has 2 amide bonds. The van der Waals surface area contributed by atoms with Gasteiger partial charge in [0.25, 0.3) is 0 Å². The number of hydrogen-bond donors (Lipinski definition) is 2. The van der Waals surface area contributed by atoms with Crippen molar-refractivity contribution in [1.82, 2.24) is 14.3 Å². The van der Waals surface area contributed by atoms with Gasteiger partial charge in [0.1, 0.15) is 5.00 Å². The Morgan fingerprint density at radius 2 is 1.95 bits per heavy atom. The van der Waals surface area contributed by atoms with Crippen molar-refractivity contribution in [2.75, 3.05) is 23.7 Å². The zero-order valence-electron chi connectivity index (χ0n) is 11.5. The van der Waals surface area contributed by atoms with E-state index in [9.17, 15) is 4.79 Å². The third-order valence-electron chi connectivity index (χ3n) is 3.50. The van der Waals surface area contributed by atoms with Crippen LogP contribution < -0.4 is 10.6 Å². The average Bonchev–Trinajstić information content (AvgIpc) is 3.02. The van der Waals surface area contributed by atoms with E-state index in [-0.39, 0.29) is 6.03 Å². The standard InChI is InChI=1S/C14H17N5OS/c20-14(18-13-3-8-16-21-13)19-9-4-12(5-10-19)17-11-1-6-15-7-2-11/h1-3,6-8,12H,4-5,9-10H2,(H,15,17)(H,18,20). The third-order valence-corrected chi connectivity index (χ3v) is 4.16. The predicted molar refractivity (Wildman–Crippen MR) is 83.6 cm³/mol. The first-order valence-electron chi connectivity index (χ1n) is 6.94. The van der Waals surface area contributed by atoms with Gasteiger partial charge in [0.05, 0.1) is 0 Å². The van der Waals surface area contributed by atoms with Crippen LogP contribution in [0.2, 0.25) is 0 Å².